The molecule has 0 atom stereocenters. The predicted molar refractivity (Wildman–Crippen MR) is 69.4 cm³/mol. The third-order valence-electron chi connectivity index (χ3n) is 2.97. The Bertz CT molecular complexity index is 476. The van der Waals surface area contributed by atoms with Crippen molar-refractivity contribution in [1.29, 1.82) is 5.26 Å². The van der Waals surface area contributed by atoms with Crippen molar-refractivity contribution in [2.45, 2.75) is 20.0 Å². The highest BCUT2D eigenvalue weighted by Gasteiger charge is 2.34. The molecule has 1 aromatic carbocycles. The van der Waals surface area contributed by atoms with E-state index >= 15 is 0 Å². The highest BCUT2D eigenvalue weighted by atomic mass is 19.4. The van der Waals surface area contributed by atoms with Crippen LogP contribution >= 0.6 is 0 Å². The van der Waals surface area contributed by atoms with Gasteiger partial charge in [0.1, 0.15) is 12.4 Å². The molecule has 0 fully saturated rings. The second kappa shape index (κ2) is 7.15. The van der Waals surface area contributed by atoms with E-state index in [9.17, 15) is 13.2 Å². The topological polar surface area (TPSA) is 36.3 Å². The Hall–Kier alpha value is -1.74. The van der Waals surface area contributed by atoms with E-state index in [1.54, 1.807) is 6.07 Å². The average molecular weight is 286 g/mol. The fourth-order valence-corrected chi connectivity index (χ4v) is 1.77. The fraction of sp³-hybridized carbons (Fsp3) is 0.500. The summed E-state index contributed by atoms with van der Waals surface area (Å²) in [6, 6.07) is 5.03. The predicted octanol–water partition coefficient (Wildman–Crippen LogP) is 3.30. The summed E-state index contributed by atoms with van der Waals surface area (Å²) in [5, 5.41) is 8.67. The lowest BCUT2D eigenvalue weighted by atomic mass is 10.1. The van der Waals surface area contributed by atoms with Gasteiger partial charge in [0.2, 0.25) is 0 Å². The summed E-state index contributed by atoms with van der Waals surface area (Å²) in [6.45, 7) is 6.33. The molecule has 0 N–H and O–H groups in total. The highest BCUT2D eigenvalue weighted by molar-refractivity contribution is 5.43. The summed E-state index contributed by atoms with van der Waals surface area (Å²) in [7, 11) is 0. The molecule has 0 radical (unpaired) electrons. The lowest BCUT2D eigenvalue weighted by Gasteiger charge is -2.19. The number of likely N-dealkylation sites (N-methyl/N-ethyl adjacent to an activating group) is 1. The number of hydrogen-bond donors (Lipinski definition) is 0. The van der Waals surface area contributed by atoms with E-state index in [-0.39, 0.29) is 17.9 Å². The van der Waals surface area contributed by atoms with Crippen LogP contribution in [0.3, 0.4) is 0 Å². The average Bonchev–Trinajstić information content (AvgIpc) is 2.42. The minimum absolute atomic E-state index is 0.0339. The fourth-order valence-electron chi connectivity index (χ4n) is 1.77. The number of nitrogens with zero attached hydrogens (tertiary/aromatic N) is 2. The summed E-state index contributed by atoms with van der Waals surface area (Å²) >= 11 is 0. The van der Waals surface area contributed by atoms with Crippen molar-refractivity contribution >= 4 is 0 Å². The van der Waals surface area contributed by atoms with Gasteiger partial charge < -0.3 is 9.64 Å². The molecule has 0 bridgehead atoms. The van der Waals surface area contributed by atoms with Crippen molar-refractivity contribution in [2.75, 3.05) is 26.2 Å². The van der Waals surface area contributed by atoms with Gasteiger partial charge in [0, 0.05) is 6.54 Å². The maximum Gasteiger partial charge on any atom is 0.420 e. The first-order chi connectivity index (χ1) is 9.42. The first-order valence-corrected chi connectivity index (χ1v) is 6.38. The standard InChI is InChI=1S/C14H17F3N2O/c1-3-19(4-2)7-8-20-13-6-5-11(10-18)9-12(13)14(15,16)17/h5-6,9H,3-4,7-8H2,1-2H3. The summed E-state index contributed by atoms with van der Waals surface area (Å²) in [5.74, 6) is -0.233. The molecule has 0 heterocycles. The van der Waals surface area contributed by atoms with Crippen LogP contribution in [0.5, 0.6) is 5.75 Å². The molecule has 3 nitrogen and oxygen atoms in total. The summed E-state index contributed by atoms with van der Waals surface area (Å²) in [6.07, 6.45) is -4.53. The van der Waals surface area contributed by atoms with Crippen molar-refractivity contribution in [1.82, 2.24) is 4.90 Å². The molecule has 20 heavy (non-hydrogen) atoms. The second-order valence-corrected chi connectivity index (χ2v) is 4.20. The van der Waals surface area contributed by atoms with E-state index in [4.69, 9.17) is 10.00 Å². The van der Waals surface area contributed by atoms with E-state index < -0.39 is 11.7 Å². The second-order valence-electron chi connectivity index (χ2n) is 4.20. The molecule has 0 saturated carbocycles. The molecule has 6 heteroatoms. The Labute approximate surface area is 116 Å². The molecular weight excluding hydrogens is 269 g/mol. The smallest absolute Gasteiger partial charge is 0.420 e. The van der Waals surface area contributed by atoms with Crippen molar-refractivity contribution in [3.8, 4) is 11.8 Å². The van der Waals surface area contributed by atoms with Gasteiger partial charge in [0.15, 0.2) is 0 Å². The molecule has 0 aliphatic heterocycles. The van der Waals surface area contributed by atoms with Crippen LogP contribution in [0.1, 0.15) is 25.0 Å². The molecule has 0 amide bonds. The van der Waals surface area contributed by atoms with E-state index in [0.717, 1.165) is 19.2 Å². The normalized spacial score (nSPS) is 11.4. The maximum atomic E-state index is 12.9. The Kier molecular flexibility index (Phi) is 5.83. The largest absolute Gasteiger partial charge is 0.492 e. The molecule has 0 unspecified atom stereocenters. The van der Waals surface area contributed by atoms with Gasteiger partial charge in [0.05, 0.1) is 17.2 Å². The van der Waals surface area contributed by atoms with Crippen molar-refractivity contribution in [3.63, 3.8) is 0 Å². The Balaban J connectivity index is 2.82. The number of ether oxygens (including phenoxy) is 1. The number of nitriles is 1. The van der Waals surface area contributed by atoms with Gasteiger partial charge in [-0.3, -0.25) is 0 Å². The summed E-state index contributed by atoms with van der Waals surface area (Å²) in [5.41, 5.74) is -0.940. The molecule has 0 aromatic heterocycles. The zero-order valence-electron chi connectivity index (χ0n) is 11.5. The zero-order valence-corrected chi connectivity index (χ0v) is 11.5. The lowest BCUT2D eigenvalue weighted by molar-refractivity contribution is -0.139. The first-order valence-electron chi connectivity index (χ1n) is 6.38. The summed E-state index contributed by atoms with van der Waals surface area (Å²) in [4.78, 5) is 2.05. The molecule has 0 saturated heterocycles. The van der Waals surface area contributed by atoms with Gasteiger partial charge in [0.25, 0.3) is 0 Å². The molecule has 0 aliphatic rings. The number of halogens is 3. The van der Waals surface area contributed by atoms with Crippen LogP contribution < -0.4 is 4.74 Å². The molecular formula is C14H17F3N2O. The van der Waals surface area contributed by atoms with Crippen LogP contribution in [-0.2, 0) is 6.18 Å². The highest BCUT2D eigenvalue weighted by Crippen LogP contribution is 2.36. The monoisotopic (exact) mass is 286 g/mol. The van der Waals surface area contributed by atoms with Crippen LogP contribution in [0.15, 0.2) is 18.2 Å². The number of benzene rings is 1. The van der Waals surface area contributed by atoms with E-state index in [1.807, 2.05) is 13.8 Å². The molecule has 0 aliphatic carbocycles. The SMILES string of the molecule is CCN(CC)CCOc1ccc(C#N)cc1C(F)(F)F. The van der Waals surface area contributed by atoms with Crippen molar-refractivity contribution in [2.24, 2.45) is 0 Å². The minimum Gasteiger partial charge on any atom is -0.492 e. The van der Waals surface area contributed by atoms with E-state index in [1.165, 1.54) is 12.1 Å². The Morgan fingerprint density at radius 2 is 1.90 bits per heavy atom. The van der Waals surface area contributed by atoms with Crippen LogP contribution in [0.4, 0.5) is 13.2 Å². The lowest BCUT2D eigenvalue weighted by Crippen LogP contribution is -2.28. The first kappa shape index (κ1) is 16.3. The van der Waals surface area contributed by atoms with Gasteiger partial charge in [-0.15, -0.1) is 0 Å². The van der Waals surface area contributed by atoms with Gasteiger partial charge in [-0.25, -0.2) is 0 Å². The number of alkyl halides is 3. The van der Waals surface area contributed by atoms with Gasteiger partial charge >= 0.3 is 6.18 Å². The third-order valence-corrected chi connectivity index (χ3v) is 2.97. The molecule has 110 valence electrons. The zero-order chi connectivity index (χ0) is 15.2. The van der Waals surface area contributed by atoms with Crippen LogP contribution in [0.25, 0.3) is 0 Å². The molecule has 0 spiro atoms. The van der Waals surface area contributed by atoms with Crippen molar-refractivity contribution in [3.05, 3.63) is 29.3 Å². The minimum atomic E-state index is -4.53. The van der Waals surface area contributed by atoms with E-state index in [0.29, 0.717) is 6.54 Å². The maximum absolute atomic E-state index is 12.9. The quantitative estimate of drug-likeness (QED) is 0.805. The molecule has 1 rings (SSSR count). The van der Waals surface area contributed by atoms with Crippen LogP contribution in [0, 0.1) is 11.3 Å². The third kappa shape index (κ3) is 4.42. The Morgan fingerprint density at radius 3 is 2.40 bits per heavy atom. The van der Waals surface area contributed by atoms with Gasteiger partial charge in [-0.1, -0.05) is 13.8 Å². The van der Waals surface area contributed by atoms with Gasteiger partial charge in [-0.05, 0) is 31.3 Å². The van der Waals surface area contributed by atoms with Crippen LogP contribution in [0.2, 0.25) is 0 Å². The number of rotatable bonds is 6. The van der Waals surface area contributed by atoms with E-state index in [2.05, 4.69) is 4.90 Å². The van der Waals surface area contributed by atoms with Crippen molar-refractivity contribution < 1.29 is 17.9 Å². The number of hydrogen-bond acceptors (Lipinski definition) is 3. The summed E-state index contributed by atoms with van der Waals surface area (Å²) < 4.78 is 43.9. The Morgan fingerprint density at radius 1 is 1.25 bits per heavy atom. The molecule has 1 aromatic rings. The van der Waals surface area contributed by atoms with Gasteiger partial charge in [-0.2, -0.15) is 18.4 Å². The van der Waals surface area contributed by atoms with Crippen LogP contribution in [-0.4, -0.2) is 31.1 Å².